The van der Waals surface area contributed by atoms with Crippen LogP contribution < -0.4 is 16.0 Å². The highest BCUT2D eigenvalue weighted by Crippen LogP contribution is 2.38. The molecule has 1 fully saturated rings. The van der Waals surface area contributed by atoms with Gasteiger partial charge in [-0.05, 0) is 51.3 Å². The predicted octanol–water partition coefficient (Wildman–Crippen LogP) is 3.32. The fourth-order valence-electron chi connectivity index (χ4n) is 3.11. The molecule has 0 aliphatic heterocycles. The number of urea groups is 1. The molecule has 0 unspecified atom stereocenters. The Balaban J connectivity index is 1.96. The van der Waals surface area contributed by atoms with Gasteiger partial charge in [0.05, 0.1) is 6.54 Å². The summed E-state index contributed by atoms with van der Waals surface area (Å²) in [5.74, 6) is -0.336. The van der Waals surface area contributed by atoms with Crippen LogP contribution in [0.5, 0.6) is 0 Å². The molecule has 24 heavy (non-hydrogen) atoms. The molecule has 132 valence electrons. The number of imide groups is 1. The van der Waals surface area contributed by atoms with E-state index in [1.54, 1.807) is 0 Å². The van der Waals surface area contributed by atoms with Crippen LogP contribution in [-0.2, 0) is 10.3 Å². The van der Waals surface area contributed by atoms with Crippen LogP contribution in [0, 0.1) is 0 Å². The molecule has 1 aromatic rings. The number of hydrogen-bond donors (Lipinski definition) is 3. The van der Waals surface area contributed by atoms with E-state index in [1.165, 1.54) is 0 Å². The Morgan fingerprint density at radius 1 is 1.12 bits per heavy atom. The van der Waals surface area contributed by atoms with Crippen molar-refractivity contribution in [3.8, 4) is 0 Å². The third-order valence-corrected chi connectivity index (χ3v) is 4.43. The lowest BCUT2D eigenvalue weighted by atomic mass is 9.88. The van der Waals surface area contributed by atoms with Crippen molar-refractivity contribution in [2.24, 2.45) is 0 Å². The number of benzene rings is 1. The van der Waals surface area contributed by atoms with Crippen LogP contribution in [0.3, 0.4) is 0 Å². The summed E-state index contributed by atoms with van der Waals surface area (Å²) in [5, 5.41) is 9.14. The Kier molecular flexibility index (Phi) is 5.88. The topological polar surface area (TPSA) is 70.2 Å². The molecule has 2 rings (SSSR count). The van der Waals surface area contributed by atoms with Crippen LogP contribution in [0.2, 0.25) is 5.02 Å². The molecule has 1 aliphatic rings. The number of carbonyl (C=O) groups is 2. The quantitative estimate of drug-likeness (QED) is 0.779. The second kappa shape index (κ2) is 7.53. The van der Waals surface area contributed by atoms with Crippen LogP contribution in [0.25, 0.3) is 0 Å². The number of rotatable bonds is 4. The average molecular weight is 352 g/mol. The molecule has 1 aromatic carbocycles. The summed E-state index contributed by atoms with van der Waals surface area (Å²) < 4.78 is 0. The van der Waals surface area contributed by atoms with E-state index >= 15 is 0 Å². The van der Waals surface area contributed by atoms with E-state index in [0.29, 0.717) is 5.02 Å². The number of carbonyl (C=O) groups excluding carboxylic acids is 2. The van der Waals surface area contributed by atoms with E-state index in [1.807, 2.05) is 45.0 Å². The first-order chi connectivity index (χ1) is 11.2. The normalized spacial score (nSPS) is 16.7. The molecular formula is C18H26ClN3O2. The van der Waals surface area contributed by atoms with E-state index in [4.69, 9.17) is 11.6 Å². The lowest BCUT2D eigenvalue weighted by molar-refractivity contribution is -0.119. The second-order valence-electron chi connectivity index (χ2n) is 7.40. The van der Waals surface area contributed by atoms with Gasteiger partial charge in [0.2, 0.25) is 5.91 Å². The monoisotopic (exact) mass is 351 g/mol. The van der Waals surface area contributed by atoms with E-state index in [9.17, 15) is 9.59 Å². The summed E-state index contributed by atoms with van der Waals surface area (Å²) in [5.41, 5.74) is 0.535. The van der Waals surface area contributed by atoms with Crippen LogP contribution in [-0.4, -0.2) is 24.0 Å². The maximum Gasteiger partial charge on any atom is 0.321 e. The molecule has 3 N–H and O–H groups in total. The SMILES string of the molecule is CC(C)(C)NC(=O)NC(=O)CNC1(c2ccc(Cl)cc2)CCCC1. The number of halogens is 1. The minimum absolute atomic E-state index is 0.0974. The van der Waals surface area contributed by atoms with Crippen molar-refractivity contribution in [1.29, 1.82) is 0 Å². The van der Waals surface area contributed by atoms with Gasteiger partial charge in [0.1, 0.15) is 0 Å². The molecule has 0 aromatic heterocycles. The summed E-state index contributed by atoms with van der Waals surface area (Å²) in [6.45, 7) is 5.69. The van der Waals surface area contributed by atoms with E-state index < -0.39 is 6.03 Å². The zero-order valence-corrected chi connectivity index (χ0v) is 15.3. The van der Waals surface area contributed by atoms with Crippen molar-refractivity contribution in [2.75, 3.05) is 6.54 Å². The van der Waals surface area contributed by atoms with Gasteiger partial charge in [0, 0.05) is 16.1 Å². The first-order valence-corrected chi connectivity index (χ1v) is 8.71. The predicted molar refractivity (Wildman–Crippen MR) is 96.0 cm³/mol. The Bertz CT molecular complexity index is 587. The molecule has 1 aliphatic carbocycles. The molecule has 1 saturated carbocycles. The molecule has 0 saturated heterocycles. The van der Waals surface area contributed by atoms with E-state index in [2.05, 4.69) is 16.0 Å². The van der Waals surface area contributed by atoms with Crippen molar-refractivity contribution in [1.82, 2.24) is 16.0 Å². The third kappa shape index (κ3) is 5.21. The Morgan fingerprint density at radius 3 is 2.25 bits per heavy atom. The highest BCUT2D eigenvalue weighted by molar-refractivity contribution is 6.30. The first-order valence-electron chi connectivity index (χ1n) is 8.33. The standard InChI is InChI=1S/C18H26ClN3O2/c1-17(2,3)22-16(24)21-15(23)12-20-18(10-4-5-11-18)13-6-8-14(19)9-7-13/h6-9,20H,4-5,10-12H2,1-3H3,(H2,21,22,23,24). The Morgan fingerprint density at radius 2 is 1.71 bits per heavy atom. The smallest absolute Gasteiger partial charge is 0.321 e. The molecule has 0 radical (unpaired) electrons. The van der Waals surface area contributed by atoms with Gasteiger partial charge in [-0.1, -0.05) is 36.6 Å². The van der Waals surface area contributed by atoms with Crippen LogP contribution in [0.4, 0.5) is 4.79 Å². The lowest BCUT2D eigenvalue weighted by Crippen LogP contribution is -2.52. The van der Waals surface area contributed by atoms with Gasteiger partial charge in [0.25, 0.3) is 0 Å². The average Bonchev–Trinajstić information content (AvgIpc) is 2.94. The molecule has 0 heterocycles. The highest BCUT2D eigenvalue weighted by atomic mass is 35.5. The van der Waals surface area contributed by atoms with Crippen LogP contribution >= 0.6 is 11.6 Å². The summed E-state index contributed by atoms with van der Waals surface area (Å²) in [7, 11) is 0. The third-order valence-electron chi connectivity index (χ3n) is 4.18. The van der Waals surface area contributed by atoms with Crippen molar-refractivity contribution in [3.05, 3.63) is 34.9 Å². The van der Waals surface area contributed by atoms with Gasteiger partial charge in [0.15, 0.2) is 0 Å². The summed E-state index contributed by atoms with van der Waals surface area (Å²) in [4.78, 5) is 23.8. The van der Waals surface area contributed by atoms with Crippen LogP contribution in [0.1, 0.15) is 52.0 Å². The van der Waals surface area contributed by atoms with Crippen molar-refractivity contribution >= 4 is 23.5 Å². The van der Waals surface area contributed by atoms with E-state index in [0.717, 1.165) is 31.2 Å². The molecule has 0 atom stereocenters. The second-order valence-corrected chi connectivity index (χ2v) is 7.84. The van der Waals surface area contributed by atoms with Crippen molar-refractivity contribution in [2.45, 2.75) is 57.5 Å². The Labute approximate surface area is 148 Å². The molecule has 6 heteroatoms. The fourth-order valence-corrected chi connectivity index (χ4v) is 3.23. The molecule has 0 bridgehead atoms. The zero-order chi connectivity index (χ0) is 17.8. The summed E-state index contributed by atoms with van der Waals surface area (Å²) in [6, 6.07) is 7.28. The highest BCUT2D eigenvalue weighted by Gasteiger charge is 2.35. The molecule has 0 spiro atoms. The molecule has 3 amide bonds. The van der Waals surface area contributed by atoms with E-state index in [-0.39, 0.29) is 23.5 Å². The Hall–Kier alpha value is -1.59. The van der Waals surface area contributed by atoms with Crippen molar-refractivity contribution in [3.63, 3.8) is 0 Å². The van der Waals surface area contributed by atoms with Gasteiger partial charge >= 0.3 is 6.03 Å². The number of amides is 3. The molecular weight excluding hydrogens is 326 g/mol. The largest absolute Gasteiger partial charge is 0.333 e. The van der Waals surface area contributed by atoms with Gasteiger partial charge in [-0.15, -0.1) is 0 Å². The first kappa shape index (κ1) is 18.7. The number of nitrogens with one attached hydrogen (secondary N) is 3. The minimum Gasteiger partial charge on any atom is -0.333 e. The maximum atomic E-state index is 12.1. The number of hydrogen-bond acceptors (Lipinski definition) is 3. The minimum atomic E-state index is -0.471. The van der Waals surface area contributed by atoms with Gasteiger partial charge in [-0.3, -0.25) is 15.4 Å². The van der Waals surface area contributed by atoms with Crippen LogP contribution in [0.15, 0.2) is 24.3 Å². The van der Waals surface area contributed by atoms with Gasteiger partial charge < -0.3 is 5.32 Å². The molecule has 5 nitrogen and oxygen atoms in total. The van der Waals surface area contributed by atoms with Gasteiger partial charge in [-0.2, -0.15) is 0 Å². The lowest BCUT2D eigenvalue weighted by Gasteiger charge is -2.31. The maximum absolute atomic E-state index is 12.1. The van der Waals surface area contributed by atoms with Crippen molar-refractivity contribution < 1.29 is 9.59 Å². The summed E-state index contributed by atoms with van der Waals surface area (Å²) in [6.07, 6.45) is 4.16. The van der Waals surface area contributed by atoms with Gasteiger partial charge in [-0.25, -0.2) is 4.79 Å². The fraction of sp³-hybridized carbons (Fsp3) is 0.556. The zero-order valence-electron chi connectivity index (χ0n) is 14.5. The summed E-state index contributed by atoms with van der Waals surface area (Å²) >= 11 is 5.97.